The molecule has 2 aromatic carbocycles. The van der Waals surface area contributed by atoms with Gasteiger partial charge in [0, 0.05) is 51.0 Å². The summed E-state index contributed by atoms with van der Waals surface area (Å²) in [6.45, 7) is 0. The lowest BCUT2D eigenvalue weighted by Crippen LogP contribution is -2.23. The second-order valence-corrected chi connectivity index (χ2v) is 11.3. The number of benzene rings is 2. The average Bonchev–Trinajstić information content (AvgIpc) is 2.67. The molecule has 0 heterocycles. The quantitative estimate of drug-likeness (QED) is 0.244. The van der Waals surface area contributed by atoms with Crippen LogP contribution >= 0.6 is 22.5 Å². The van der Waals surface area contributed by atoms with E-state index >= 15 is 0 Å². The molecule has 32 heavy (non-hydrogen) atoms. The molecule has 0 aliphatic heterocycles. The Kier molecular flexibility index (Phi) is 11.7. The topological polar surface area (TPSA) is 161 Å². The fourth-order valence-corrected chi connectivity index (χ4v) is 3.91. The van der Waals surface area contributed by atoms with Gasteiger partial charge in [0.1, 0.15) is 0 Å². The van der Waals surface area contributed by atoms with Crippen LogP contribution in [0.2, 0.25) is 0 Å². The number of nitro groups is 2. The molecule has 2 aromatic rings. The summed E-state index contributed by atoms with van der Waals surface area (Å²) >= 11 is 5.11. The van der Waals surface area contributed by atoms with Gasteiger partial charge in [0.05, 0.1) is 9.85 Å². The van der Waals surface area contributed by atoms with E-state index in [1.807, 2.05) is 0 Å². The van der Waals surface area contributed by atoms with E-state index in [4.69, 9.17) is 22.5 Å². The minimum absolute atomic E-state index is 0.292. The zero-order chi connectivity index (χ0) is 25.3. The van der Waals surface area contributed by atoms with Crippen LogP contribution in [-0.4, -0.2) is 63.6 Å². The zero-order valence-electron chi connectivity index (χ0n) is 17.2. The zero-order valence-corrected chi connectivity index (χ0v) is 20.4. The van der Waals surface area contributed by atoms with Crippen molar-refractivity contribution in [3.05, 3.63) is 68.8 Å². The van der Waals surface area contributed by atoms with Crippen LogP contribution in [0.3, 0.4) is 0 Å². The Labute approximate surface area is 194 Å². The van der Waals surface area contributed by atoms with Crippen LogP contribution in [0.5, 0.6) is 0 Å². The highest BCUT2D eigenvalue weighted by Gasteiger charge is 2.26. The van der Waals surface area contributed by atoms with Gasteiger partial charge in [-0.2, -0.15) is 0 Å². The molecule has 0 amide bonds. The smallest absolute Gasteiger partial charge is 0.258 e. The summed E-state index contributed by atoms with van der Waals surface area (Å²) < 4.78 is 47.4. The lowest BCUT2D eigenvalue weighted by atomic mass is 10.3. The number of halogens is 2. The van der Waals surface area contributed by atoms with E-state index in [0.29, 0.717) is 0 Å². The molecule has 16 heteroatoms. The van der Waals surface area contributed by atoms with Crippen LogP contribution in [0.15, 0.2) is 58.3 Å². The van der Waals surface area contributed by atoms with Crippen molar-refractivity contribution in [3.8, 4) is 0 Å². The summed E-state index contributed by atoms with van der Waals surface area (Å²) in [5.74, 6) is 0. The fraction of sp³-hybridized carbons (Fsp3) is 0.250. The van der Waals surface area contributed by atoms with Crippen LogP contribution < -0.4 is 0 Å². The third kappa shape index (κ3) is 9.42. The molecule has 0 atom stereocenters. The highest BCUT2D eigenvalue weighted by molar-refractivity contribution is 8.13. The number of nitrogens with zero attached hydrogens (tertiary/aromatic N) is 4. The maximum Gasteiger partial charge on any atom is 0.289 e. The maximum absolute atomic E-state index is 11.7. The van der Waals surface area contributed by atoms with Crippen molar-refractivity contribution in [3.63, 3.8) is 0 Å². The molecule has 0 fully saturated rings. The Morgan fingerprint density at radius 1 is 0.750 bits per heavy atom. The lowest BCUT2D eigenvalue weighted by Gasteiger charge is -2.10. The standard InChI is InChI=1S/C8H10N2O4S.C6H4ClNO4S.C2H6ClN/c1-9(2)15(13,14)8-6-4-3-5-7(8)10(11)12;7-13(11,12)6-4-2-1-3-5(6)8(9)10;1-4(2)3/h3-6H,1-2H3;1-4H;1-2H3. The van der Waals surface area contributed by atoms with Gasteiger partial charge >= 0.3 is 0 Å². The highest BCUT2D eigenvalue weighted by atomic mass is 35.7. The summed E-state index contributed by atoms with van der Waals surface area (Å²) in [5, 5.41) is 21.0. The van der Waals surface area contributed by atoms with E-state index < -0.39 is 45.2 Å². The van der Waals surface area contributed by atoms with E-state index in [1.165, 1.54) is 48.8 Å². The first-order chi connectivity index (χ1) is 14.5. The molecule has 0 N–H and O–H groups in total. The normalized spacial score (nSPS) is 11.1. The third-order valence-electron chi connectivity index (χ3n) is 3.15. The van der Waals surface area contributed by atoms with E-state index in [1.54, 1.807) is 14.1 Å². The molecule has 12 nitrogen and oxygen atoms in total. The average molecular weight is 531 g/mol. The molecule has 178 valence electrons. The van der Waals surface area contributed by atoms with E-state index in [9.17, 15) is 37.1 Å². The third-order valence-corrected chi connectivity index (χ3v) is 6.38. The van der Waals surface area contributed by atoms with Crippen molar-refractivity contribution in [2.24, 2.45) is 0 Å². The van der Waals surface area contributed by atoms with Crippen molar-refractivity contribution in [2.75, 3.05) is 28.2 Å². The Morgan fingerprint density at radius 2 is 1.06 bits per heavy atom. The Balaban J connectivity index is 0.000000519. The van der Waals surface area contributed by atoms with Crippen molar-refractivity contribution in [1.29, 1.82) is 0 Å². The number of rotatable bonds is 5. The summed E-state index contributed by atoms with van der Waals surface area (Å²) in [6.07, 6.45) is 0. The first-order valence-electron chi connectivity index (χ1n) is 8.20. The van der Waals surface area contributed by atoms with Crippen LogP contribution in [0.1, 0.15) is 0 Å². The largest absolute Gasteiger partial charge is 0.289 e. The van der Waals surface area contributed by atoms with Crippen LogP contribution in [-0.2, 0) is 19.1 Å². The molecule has 0 radical (unpaired) electrons. The highest BCUT2D eigenvalue weighted by Crippen LogP contribution is 2.26. The van der Waals surface area contributed by atoms with Gasteiger partial charge < -0.3 is 0 Å². The van der Waals surface area contributed by atoms with Gasteiger partial charge in [0.2, 0.25) is 10.0 Å². The predicted molar refractivity (Wildman–Crippen MR) is 120 cm³/mol. The van der Waals surface area contributed by atoms with Gasteiger partial charge in [-0.1, -0.05) is 24.3 Å². The fourth-order valence-electron chi connectivity index (χ4n) is 1.84. The molecule has 0 aliphatic carbocycles. The molecule has 0 spiro atoms. The molecular formula is C16H20Cl2N4O8S2. The van der Waals surface area contributed by atoms with E-state index in [2.05, 4.69) is 0 Å². The molecule has 0 saturated carbocycles. The molecule has 0 bridgehead atoms. The summed E-state index contributed by atoms with van der Waals surface area (Å²) in [6, 6.07) is 10.1. The van der Waals surface area contributed by atoms with Crippen molar-refractivity contribution >= 4 is 52.9 Å². The van der Waals surface area contributed by atoms with Crippen LogP contribution in [0.25, 0.3) is 0 Å². The van der Waals surface area contributed by atoms with Crippen molar-refractivity contribution in [2.45, 2.75) is 9.79 Å². The van der Waals surface area contributed by atoms with Gasteiger partial charge in [-0.25, -0.2) is 25.6 Å². The van der Waals surface area contributed by atoms with E-state index in [-0.39, 0.29) is 4.90 Å². The second kappa shape index (κ2) is 12.6. The molecular weight excluding hydrogens is 511 g/mol. The van der Waals surface area contributed by atoms with Crippen molar-refractivity contribution < 1.29 is 26.7 Å². The molecule has 2 rings (SSSR count). The summed E-state index contributed by atoms with van der Waals surface area (Å²) in [4.78, 5) is 18.7. The van der Waals surface area contributed by atoms with Crippen LogP contribution in [0.4, 0.5) is 11.4 Å². The first-order valence-corrected chi connectivity index (χ1v) is 12.3. The minimum atomic E-state index is -4.05. The monoisotopic (exact) mass is 530 g/mol. The Bertz CT molecular complexity index is 1150. The summed E-state index contributed by atoms with van der Waals surface area (Å²) in [5.41, 5.74) is -0.927. The second-order valence-electron chi connectivity index (χ2n) is 5.96. The lowest BCUT2D eigenvalue weighted by molar-refractivity contribution is -0.388. The SMILES string of the molecule is CN(C)Cl.CN(C)S(=O)(=O)c1ccccc1[N+](=O)[O-].O=[N+]([O-])c1ccccc1S(=O)(=O)Cl. The van der Waals surface area contributed by atoms with Gasteiger partial charge in [0.25, 0.3) is 20.4 Å². The molecule has 0 aliphatic rings. The van der Waals surface area contributed by atoms with Gasteiger partial charge in [-0.15, -0.1) is 0 Å². The van der Waals surface area contributed by atoms with Crippen LogP contribution in [0, 0.1) is 20.2 Å². The Hall–Kier alpha value is -2.36. The molecule has 0 saturated heterocycles. The number of nitro benzene ring substituents is 2. The van der Waals surface area contributed by atoms with Gasteiger partial charge in [-0.05, 0) is 23.9 Å². The number of para-hydroxylation sites is 2. The van der Waals surface area contributed by atoms with Gasteiger partial charge in [-0.3, -0.25) is 20.2 Å². The number of hydrogen-bond donors (Lipinski definition) is 0. The van der Waals surface area contributed by atoms with E-state index in [0.717, 1.165) is 22.5 Å². The van der Waals surface area contributed by atoms with Crippen molar-refractivity contribution in [1.82, 2.24) is 8.72 Å². The number of hydrogen-bond acceptors (Lipinski definition) is 9. The first kappa shape index (κ1) is 29.6. The Morgan fingerprint density at radius 3 is 1.34 bits per heavy atom. The van der Waals surface area contributed by atoms with Gasteiger partial charge in [0.15, 0.2) is 9.79 Å². The minimum Gasteiger partial charge on any atom is -0.258 e. The number of sulfonamides is 1. The molecule has 0 unspecified atom stereocenters. The summed E-state index contributed by atoms with van der Waals surface area (Å²) in [7, 11) is 3.35. The maximum atomic E-state index is 11.7. The predicted octanol–water partition coefficient (Wildman–Crippen LogP) is 3.07. The molecule has 0 aromatic heterocycles.